The normalized spacial score (nSPS) is 11.2. The molecule has 3 nitrogen and oxygen atoms in total. The third kappa shape index (κ3) is 2.96. The lowest BCUT2D eigenvalue weighted by atomic mass is 10.1. The summed E-state index contributed by atoms with van der Waals surface area (Å²) in [5.74, 6) is -0.946. The molecule has 5 aromatic rings. The van der Waals surface area contributed by atoms with Gasteiger partial charge in [-0.05, 0) is 53.2 Å². The zero-order valence-corrected chi connectivity index (χ0v) is 16.1. The Morgan fingerprint density at radius 2 is 1.62 bits per heavy atom. The van der Waals surface area contributed by atoms with Crippen LogP contribution in [0, 0.1) is 0 Å². The van der Waals surface area contributed by atoms with Gasteiger partial charge in [-0.25, -0.2) is 4.79 Å². The van der Waals surface area contributed by atoms with Gasteiger partial charge in [0, 0.05) is 21.7 Å². The number of rotatable bonds is 3. The van der Waals surface area contributed by atoms with E-state index in [0.717, 1.165) is 38.6 Å². The number of carboxylic acid groups (broad SMARTS) is 1. The topological polar surface area (TPSA) is 42.2 Å². The number of aromatic nitrogens is 1. The molecule has 4 heteroatoms. The lowest BCUT2D eigenvalue weighted by Gasteiger charge is -2.12. The van der Waals surface area contributed by atoms with Crippen LogP contribution in [0.2, 0.25) is 5.02 Å². The summed E-state index contributed by atoms with van der Waals surface area (Å²) in [6.07, 6.45) is 0. The van der Waals surface area contributed by atoms with Crippen molar-refractivity contribution in [1.82, 2.24) is 4.57 Å². The van der Waals surface area contributed by atoms with Gasteiger partial charge in [0.2, 0.25) is 0 Å². The van der Waals surface area contributed by atoms with Crippen molar-refractivity contribution in [3.63, 3.8) is 0 Å². The molecular formula is C25H16ClNO2. The second-order valence-electron chi connectivity index (χ2n) is 6.95. The monoisotopic (exact) mass is 397 g/mol. The Bertz CT molecular complexity index is 1400. The Morgan fingerprint density at radius 3 is 2.45 bits per heavy atom. The lowest BCUT2D eigenvalue weighted by molar-refractivity contribution is 0.0697. The Morgan fingerprint density at radius 1 is 0.793 bits per heavy atom. The molecule has 1 aromatic heterocycles. The molecule has 0 saturated carbocycles. The molecule has 0 amide bonds. The number of carbonyl (C=O) groups is 1. The summed E-state index contributed by atoms with van der Waals surface area (Å²) >= 11 is 6.27. The quantitative estimate of drug-likeness (QED) is 0.363. The summed E-state index contributed by atoms with van der Waals surface area (Å²) in [5, 5.41) is 13.5. The van der Waals surface area contributed by atoms with Crippen LogP contribution in [0.4, 0.5) is 0 Å². The molecule has 0 spiro atoms. The molecule has 1 heterocycles. The van der Waals surface area contributed by atoms with Crippen molar-refractivity contribution < 1.29 is 9.90 Å². The van der Waals surface area contributed by atoms with E-state index < -0.39 is 5.97 Å². The molecule has 0 aliphatic carbocycles. The minimum atomic E-state index is -0.946. The minimum absolute atomic E-state index is 0.252. The number of nitrogens with zero attached hydrogens (tertiary/aromatic N) is 1. The van der Waals surface area contributed by atoms with E-state index in [0.29, 0.717) is 5.02 Å². The van der Waals surface area contributed by atoms with Gasteiger partial charge in [0.1, 0.15) is 0 Å². The summed E-state index contributed by atoms with van der Waals surface area (Å²) < 4.78 is 2.10. The Kier molecular flexibility index (Phi) is 4.11. The molecule has 0 fully saturated rings. The number of benzene rings is 4. The minimum Gasteiger partial charge on any atom is -0.478 e. The van der Waals surface area contributed by atoms with E-state index in [-0.39, 0.29) is 5.56 Å². The highest BCUT2D eigenvalue weighted by molar-refractivity contribution is 6.30. The summed E-state index contributed by atoms with van der Waals surface area (Å²) in [4.78, 5) is 11.5. The van der Waals surface area contributed by atoms with E-state index >= 15 is 0 Å². The fourth-order valence-electron chi connectivity index (χ4n) is 3.88. The number of halogens is 1. The molecule has 29 heavy (non-hydrogen) atoms. The second-order valence-corrected chi connectivity index (χ2v) is 7.39. The van der Waals surface area contributed by atoms with Gasteiger partial charge in [-0.2, -0.15) is 0 Å². The lowest BCUT2D eigenvalue weighted by Crippen LogP contribution is -2.01. The summed E-state index contributed by atoms with van der Waals surface area (Å²) in [6, 6.07) is 29.3. The van der Waals surface area contributed by atoms with E-state index in [1.165, 1.54) is 0 Å². The first-order chi connectivity index (χ1) is 14.1. The number of carboxylic acids is 1. The van der Waals surface area contributed by atoms with Crippen LogP contribution in [0.1, 0.15) is 10.4 Å². The van der Waals surface area contributed by atoms with Gasteiger partial charge in [-0.15, -0.1) is 0 Å². The van der Waals surface area contributed by atoms with E-state index in [9.17, 15) is 9.90 Å². The summed E-state index contributed by atoms with van der Waals surface area (Å²) in [7, 11) is 0. The highest BCUT2D eigenvalue weighted by atomic mass is 35.5. The molecule has 0 bridgehead atoms. The first kappa shape index (κ1) is 17.5. The van der Waals surface area contributed by atoms with Crippen molar-refractivity contribution in [3.8, 4) is 16.9 Å². The summed E-state index contributed by atoms with van der Waals surface area (Å²) in [6.45, 7) is 0. The number of hydrogen-bond donors (Lipinski definition) is 1. The smallest absolute Gasteiger partial charge is 0.335 e. The Balaban J connectivity index is 1.89. The molecule has 0 aliphatic rings. The largest absolute Gasteiger partial charge is 0.478 e. The van der Waals surface area contributed by atoms with Crippen LogP contribution in [-0.4, -0.2) is 15.6 Å². The molecule has 0 unspecified atom stereocenters. The maximum Gasteiger partial charge on any atom is 0.335 e. The van der Waals surface area contributed by atoms with Gasteiger partial charge in [-0.1, -0.05) is 60.1 Å². The van der Waals surface area contributed by atoms with Crippen molar-refractivity contribution in [3.05, 3.63) is 102 Å². The van der Waals surface area contributed by atoms with Gasteiger partial charge in [0.25, 0.3) is 0 Å². The first-order valence-electron chi connectivity index (χ1n) is 9.25. The Hall–Kier alpha value is -3.56. The maximum atomic E-state index is 11.5. The van der Waals surface area contributed by atoms with Gasteiger partial charge < -0.3 is 9.67 Å². The predicted octanol–water partition coefficient (Wildman–Crippen LogP) is 6.80. The van der Waals surface area contributed by atoms with Crippen molar-refractivity contribution in [1.29, 1.82) is 0 Å². The molecule has 1 N–H and O–H groups in total. The molecular weight excluding hydrogens is 382 g/mol. The third-order valence-electron chi connectivity index (χ3n) is 5.18. The number of hydrogen-bond acceptors (Lipinski definition) is 1. The van der Waals surface area contributed by atoms with Crippen LogP contribution in [-0.2, 0) is 0 Å². The van der Waals surface area contributed by atoms with Gasteiger partial charge in [0.05, 0.1) is 16.8 Å². The van der Waals surface area contributed by atoms with E-state index in [2.05, 4.69) is 34.9 Å². The SMILES string of the molecule is O=C(O)c1cccc(-n2c(-c3cccc(Cl)c3)cc3c4ccccc4ccc32)c1. The number of aromatic carboxylic acids is 1. The van der Waals surface area contributed by atoms with Crippen LogP contribution < -0.4 is 0 Å². The molecule has 5 rings (SSSR count). The van der Waals surface area contributed by atoms with Crippen LogP contribution in [0.3, 0.4) is 0 Å². The summed E-state index contributed by atoms with van der Waals surface area (Å²) in [5.41, 5.74) is 3.99. The van der Waals surface area contributed by atoms with Crippen molar-refractivity contribution in [2.24, 2.45) is 0 Å². The molecule has 4 aromatic carbocycles. The molecule has 140 valence electrons. The highest BCUT2D eigenvalue weighted by Gasteiger charge is 2.16. The molecule has 0 radical (unpaired) electrons. The second kappa shape index (κ2) is 6.80. The van der Waals surface area contributed by atoms with Gasteiger partial charge in [-0.3, -0.25) is 0 Å². The average Bonchev–Trinajstić information content (AvgIpc) is 3.14. The van der Waals surface area contributed by atoms with E-state index in [1.807, 2.05) is 42.5 Å². The van der Waals surface area contributed by atoms with Crippen LogP contribution >= 0.6 is 11.6 Å². The van der Waals surface area contributed by atoms with E-state index in [1.54, 1.807) is 18.2 Å². The van der Waals surface area contributed by atoms with Crippen molar-refractivity contribution in [2.45, 2.75) is 0 Å². The van der Waals surface area contributed by atoms with Crippen LogP contribution in [0.15, 0.2) is 91.0 Å². The zero-order chi connectivity index (χ0) is 20.0. The molecule has 0 aliphatic heterocycles. The fourth-order valence-corrected chi connectivity index (χ4v) is 4.07. The van der Waals surface area contributed by atoms with Gasteiger partial charge in [0.15, 0.2) is 0 Å². The van der Waals surface area contributed by atoms with Crippen molar-refractivity contribution >= 4 is 39.2 Å². The van der Waals surface area contributed by atoms with Gasteiger partial charge >= 0.3 is 5.97 Å². The molecule has 0 atom stereocenters. The average molecular weight is 398 g/mol. The van der Waals surface area contributed by atoms with Crippen LogP contribution in [0.25, 0.3) is 38.6 Å². The maximum absolute atomic E-state index is 11.5. The Labute approximate surface area is 172 Å². The van der Waals surface area contributed by atoms with E-state index in [4.69, 9.17) is 11.6 Å². The fraction of sp³-hybridized carbons (Fsp3) is 0. The highest BCUT2D eigenvalue weighted by Crippen LogP contribution is 2.36. The predicted molar refractivity (Wildman–Crippen MR) is 118 cm³/mol. The first-order valence-corrected chi connectivity index (χ1v) is 9.62. The number of fused-ring (bicyclic) bond motifs is 3. The standard InChI is InChI=1S/C25H16ClNO2/c26-19-8-3-6-17(13-19)24-15-22-21-10-2-1-5-16(21)11-12-23(22)27(24)20-9-4-7-18(14-20)25(28)29/h1-15H,(H,28,29). The molecule has 0 saturated heterocycles. The van der Waals surface area contributed by atoms with Crippen molar-refractivity contribution in [2.75, 3.05) is 0 Å². The third-order valence-corrected chi connectivity index (χ3v) is 5.42. The zero-order valence-electron chi connectivity index (χ0n) is 15.3. The van der Waals surface area contributed by atoms with Crippen LogP contribution in [0.5, 0.6) is 0 Å².